The maximum absolute atomic E-state index is 13.1. The predicted octanol–water partition coefficient (Wildman–Crippen LogP) is 1.80. The number of hydrogen-bond acceptors (Lipinski definition) is 3. The smallest absolute Gasteiger partial charge is 0.250 e. The summed E-state index contributed by atoms with van der Waals surface area (Å²) in [6.45, 7) is 5.27. The molecule has 1 aliphatic carbocycles. The summed E-state index contributed by atoms with van der Waals surface area (Å²) >= 11 is 0. The standard InChI is InChI=1S/C21H29N3O3/c1-16-4-2-5-19(26)24(16)12-8-18(25)23-13-10-21(15-23)9-3-11-22(20(21)27)14-17-6-7-17/h2,4-5,17H,3,6-15H2,1H3. The molecule has 1 aromatic heterocycles. The molecule has 2 amide bonds. The molecule has 3 heterocycles. The molecule has 1 atom stereocenters. The molecule has 2 saturated heterocycles. The zero-order chi connectivity index (χ0) is 19.0. The largest absolute Gasteiger partial charge is 0.342 e. The van der Waals surface area contributed by atoms with Crippen LogP contribution in [-0.4, -0.2) is 52.4 Å². The Morgan fingerprint density at radius 2 is 2.00 bits per heavy atom. The van der Waals surface area contributed by atoms with Crippen LogP contribution in [0, 0.1) is 18.3 Å². The summed E-state index contributed by atoms with van der Waals surface area (Å²) in [5.74, 6) is 1.02. The van der Waals surface area contributed by atoms with Crippen LogP contribution in [-0.2, 0) is 16.1 Å². The predicted molar refractivity (Wildman–Crippen MR) is 102 cm³/mol. The first-order valence-electron chi connectivity index (χ1n) is 10.2. The van der Waals surface area contributed by atoms with Gasteiger partial charge in [0.1, 0.15) is 0 Å². The van der Waals surface area contributed by atoms with Crippen molar-refractivity contribution in [3.05, 3.63) is 34.2 Å². The highest BCUT2D eigenvalue weighted by Crippen LogP contribution is 2.41. The summed E-state index contributed by atoms with van der Waals surface area (Å²) in [6.07, 6.45) is 5.52. The van der Waals surface area contributed by atoms with E-state index < -0.39 is 0 Å². The zero-order valence-corrected chi connectivity index (χ0v) is 16.2. The molecule has 146 valence electrons. The van der Waals surface area contributed by atoms with Gasteiger partial charge in [0.05, 0.1) is 5.41 Å². The Bertz CT molecular complexity index is 798. The van der Waals surface area contributed by atoms with Gasteiger partial charge in [-0.05, 0) is 51.0 Å². The minimum Gasteiger partial charge on any atom is -0.342 e. The second-order valence-electron chi connectivity index (χ2n) is 8.55. The number of likely N-dealkylation sites (tertiary alicyclic amines) is 2. The number of aromatic nitrogens is 1. The molecule has 0 bridgehead atoms. The van der Waals surface area contributed by atoms with E-state index in [1.807, 2.05) is 17.9 Å². The van der Waals surface area contributed by atoms with Crippen molar-refractivity contribution in [1.29, 1.82) is 0 Å². The minimum absolute atomic E-state index is 0.0501. The molecular formula is C21H29N3O3. The van der Waals surface area contributed by atoms with Gasteiger partial charge >= 0.3 is 0 Å². The van der Waals surface area contributed by atoms with Crippen molar-refractivity contribution in [3.63, 3.8) is 0 Å². The Hall–Kier alpha value is -2.11. The first-order chi connectivity index (χ1) is 13.0. The SMILES string of the molecule is Cc1cccc(=O)n1CCC(=O)N1CCC2(CCCN(CC3CC3)C2=O)C1. The van der Waals surface area contributed by atoms with Crippen molar-refractivity contribution in [3.8, 4) is 0 Å². The Labute approximate surface area is 160 Å². The van der Waals surface area contributed by atoms with Gasteiger partial charge in [-0.25, -0.2) is 0 Å². The van der Waals surface area contributed by atoms with Gasteiger partial charge in [0.25, 0.3) is 5.56 Å². The van der Waals surface area contributed by atoms with E-state index in [0.717, 1.165) is 38.0 Å². The third-order valence-electron chi connectivity index (χ3n) is 6.52. The number of carbonyl (C=O) groups is 2. The third-order valence-corrected chi connectivity index (χ3v) is 6.52. The maximum Gasteiger partial charge on any atom is 0.250 e. The molecule has 3 fully saturated rings. The molecule has 2 aliphatic heterocycles. The molecular weight excluding hydrogens is 342 g/mol. The average Bonchev–Trinajstić information content (AvgIpc) is 3.36. The van der Waals surface area contributed by atoms with Gasteiger partial charge in [-0.3, -0.25) is 14.4 Å². The van der Waals surface area contributed by atoms with Gasteiger partial charge in [-0.15, -0.1) is 0 Å². The number of pyridine rings is 1. The van der Waals surface area contributed by atoms with Crippen LogP contribution in [0.25, 0.3) is 0 Å². The normalized spacial score (nSPS) is 25.4. The van der Waals surface area contributed by atoms with Crippen LogP contribution in [0.2, 0.25) is 0 Å². The van der Waals surface area contributed by atoms with Crippen LogP contribution >= 0.6 is 0 Å². The van der Waals surface area contributed by atoms with Gasteiger partial charge in [0.15, 0.2) is 0 Å². The number of aryl methyl sites for hydroxylation is 1. The van der Waals surface area contributed by atoms with Gasteiger partial charge in [0.2, 0.25) is 11.8 Å². The highest BCUT2D eigenvalue weighted by molar-refractivity contribution is 5.86. The lowest BCUT2D eigenvalue weighted by Crippen LogP contribution is -2.51. The molecule has 1 aromatic rings. The van der Waals surface area contributed by atoms with Gasteiger partial charge < -0.3 is 14.4 Å². The Morgan fingerprint density at radius 3 is 2.74 bits per heavy atom. The highest BCUT2D eigenvalue weighted by Gasteiger charge is 2.49. The third kappa shape index (κ3) is 3.66. The second-order valence-corrected chi connectivity index (χ2v) is 8.55. The molecule has 1 saturated carbocycles. The van der Waals surface area contributed by atoms with Crippen molar-refractivity contribution in [2.75, 3.05) is 26.2 Å². The quantitative estimate of drug-likeness (QED) is 0.793. The summed E-state index contributed by atoms with van der Waals surface area (Å²) in [6, 6.07) is 5.14. The van der Waals surface area contributed by atoms with Crippen molar-refractivity contribution in [2.45, 2.75) is 52.0 Å². The molecule has 4 rings (SSSR count). The van der Waals surface area contributed by atoms with Crippen LogP contribution in [0.15, 0.2) is 23.0 Å². The fourth-order valence-electron chi connectivity index (χ4n) is 4.68. The molecule has 27 heavy (non-hydrogen) atoms. The minimum atomic E-state index is -0.359. The van der Waals surface area contributed by atoms with E-state index in [-0.39, 0.29) is 22.8 Å². The molecule has 3 aliphatic rings. The van der Waals surface area contributed by atoms with Gasteiger partial charge in [-0.1, -0.05) is 6.07 Å². The number of piperidine rings is 1. The Balaban J connectivity index is 1.37. The van der Waals surface area contributed by atoms with E-state index in [0.29, 0.717) is 32.0 Å². The topological polar surface area (TPSA) is 62.6 Å². The Kier molecular flexibility index (Phi) is 4.82. The summed E-state index contributed by atoms with van der Waals surface area (Å²) in [7, 11) is 0. The molecule has 1 spiro atoms. The lowest BCUT2D eigenvalue weighted by molar-refractivity contribution is -0.146. The van der Waals surface area contributed by atoms with E-state index in [9.17, 15) is 14.4 Å². The first-order valence-corrected chi connectivity index (χ1v) is 10.2. The van der Waals surface area contributed by atoms with Crippen LogP contribution in [0.3, 0.4) is 0 Å². The fraction of sp³-hybridized carbons (Fsp3) is 0.667. The van der Waals surface area contributed by atoms with Gasteiger partial charge in [0, 0.05) is 50.9 Å². The fourth-order valence-corrected chi connectivity index (χ4v) is 4.68. The van der Waals surface area contributed by atoms with Crippen molar-refractivity contribution >= 4 is 11.8 Å². The molecule has 0 radical (unpaired) electrons. The lowest BCUT2D eigenvalue weighted by Gasteiger charge is -2.39. The van der Waals surface area contributed by atoms with E-state index in [2.05, 4.69) is 4.90 Å². The highest BCUT2D eigenvalue weighted by atomic mass is 16.2. The van der Waals surface area contributed by atoms with E-state index in [4.69, 9.17) is 0 Å². The number of rotatable bonds is 5. The van der Waals surface area contributed by atoms with Crippen LogP contribution in [0.5, 0.6) is 0 Å². The summed E-state index contributed by atoms with van der Waals surface area (Å²) in [5, 5.41) is 0. The monoisotopic (exact) mass is 371 g/mol. The van der Waals surface area contributed by atoms with Crippen molar-refractivity contribution < 1.29 is 9.59 Å². The molecule has 6 heteroatoms. The first kappa shape index (κ1) is 18.3. The summed E-state index contributed by atoms with van der Waals surface area (Å²) in [5.41, 5.74) is 0.438. The lowest BCUT2D eigenvalue weighted by atomic mass is 9.78. The number of nitrogens with zero attached hydrogens (tertiary/aromatic N) is 3. The number of carbonyl (C=O) groups excluding carboxylic acids is 2. The average molecular weight is 371 g/mol. The molecule has 6 nitrogen and oxygen atoms in total. The maximum atomic E-state index is 13.1. The second kappa shape index (κ2) is 7.13. The van der Waals surface area contributed by atoms with Crippen LogP contribution in [0.4, 0.5) is 0 Å². The number of hydrogen-bond donors (Lipinski definition) is 0. The van der Waals surface area contributed by atoms with Crippen LogP contribution < -0.4 is 5.56 Å². The molecule has 0 aromatic carbocycles. The van der Waals surface area contributed by atoms with E-state index in [1.165, 1.54) is 18.9 Å². The summed E-state index contributed by atoms with van der Waals surface area (Å²) < 4.78 is 1.65. The van der Waals surface area contributed by atoms with Crippen LogP contribution in [0.1, 0.15) is 44.2 Å². The zero-order valence-electron chi connectivity index (χ0n) is 16.2. The van der Waals surface area contributed by atoms with Gasteiger partial charge in [-0.2, -0.15) is 0 Å². The number of amides is 2. The summed E-state index contributed by atoms with van der Waals surface area (Å²) in [4.78, 5) is 41.7. The van der Waals surface area contributed by atoms with Crippen molar-refractivity contribution in [2.24, 2.45) is 11.3 Å². The van der Waals surface area contributed by atoms with E-state index in [1.54, 1.807) is 10.6 Å². The Morgan fingerprint density at radius 1 is 1.19 bits per heavy atom. The molecule has 1 unspecified atom stereocenters. The molecule has 0 N–H and O–H groups in total. The van der Waals surface area contributed by atoms with E-state index >= 15 is 0 Å². The van der Waals surface area contributed by atoms with Crippen molar-refractivity contribution in [1.82, 2.24) is 14.4 Å².